The van der Waals surface area contributed by atoms with Gasteiger partial charge >= 0.3 is 0 Å². The maximum Gasteiger partial charge on any atom is 0.207 e. The third-order valence-electron chi connectivity index (χ3n) is 4.66. The van der Waals surface area contributed by atoms with Gasteiger partial charge in [0.05, 0.1) is 15.4 Å². The van der Waals surface area contributed by atoms with Crippen molar-refractivity contribution in [3.8, 4) is 17.2 Å². The molecule has 0 saturated heterocycles. The quantitative estimate of drug-likeness (QED) is 0.453. The predicted molar refractivity (Wildman–Crippen MR) is 106 cm³/mol. The van der Waals surface area contributed by atoms with Gasteiger partial charge in [-0.15, -0.1) is 0 Å². The largest absolute Gasteiger partial charge is 0.218 e. The van der Waals surface area contributed by atoms with Crippen LogP contribution in [0.3, 0.4) is 0 Å². The summed E-state index contributed by atoms with van der Waals surface area (Å²) in [5, 5.41) is 10.6. The molecule has 0 bridgehead atoms. The van der Waals surface area contributed by atoms with Crippen LogP contribution < -0.4 is 0 Å². The fourth-order valence-electron chi connectivity index (χ4n) is 3.20. The van der Waals surface area contributed by atoms with Crippen molar-refractivity contribution in [2.24, 2.45) is 0 Å². The van der Waals surface area contributed by atoms with Crippen LogP contribution in [0.15, 0.2) is 88.7 Å². The number of nitriles is 1. The number of hydrogen-bond acceptors (Lipinski definition) is 3. The first-order valence-corrected chi connectivity index (χ1v) is 10.1. The molecule has 142 valence electrons. The first-order valence-electron chi connectivity index (χ1n) is 8.63. The second kappa shape index (κ2) is 7.12. The van der Waals surface area contributed by atoms with Crippen molar-refractivity contribution in [2.45, 2.75) is 9.79 Å². The van der Waals surface area contributed by atoms with E-state index in [-0.39, 0.29) is 20.9 Å². The van der Waals surface area contributed by atoms with Crippen molar-refractivity contribution in [3.63, 3.8) is 0 Å². The molecule has 0 aliphatic heterocycles. The molecular formula is C23H13F2NO2S. The van der Waals surface area contributed by atoms with E-state index in [1.54, 1.807) is 36.4 Å². The van der Waals surface area contributed by atoms with Gasteiger partial charge in [0.25, 0.3) is 0 Å². The number of sulfone groups is 1. The zero-order valence-electron chi connectivity index (χ0n) is 14.9. The van der Waals surface area contributed by atoms with Gasteiger partial charge in [0.15, 0.2) is 0 Å². The third kappa shape index (κ3) is 3.37. The minimum absolute atomic E-state index is 0.0492. The molecule has 0 aliphatic carbocycles. The Labute approximate surface area is 166 Å². The lowest BCUT2D eigenvalue weighted by Crippen LogP contribution is -2.04. The molecule has 6 heteroatoms. The second-order valence-electron chi connectivity index (χ2n) is 6.46. The van der Waals surface area contributed by atoms with Gasteiger partial charge in [-0.05, 0) is 58.8 Å². The Morgan fingerprint density at radius 1 is 0.793 bits per heavy atom. The highest BCUT2D eigenvalue weighted by molar-refractivity contribution is 7.91. The molecule has 4 aromatic carbocycles. The summed E-state index contributed by atoms with van der Waals surface area (Å²) in [5.74, 6) is -1.32. The second-order valence-corrected chi connectivity index (χ2v) is 8.38. The van der Waals surface area contributed by atoms with E-state index in [1.807, 2.05) is 6.07 Å². The molecule has 29 heavy (non-hydrogen) atoms. The number of fused-ring (bicyclic) bond motifs is 1. The van der Waals surface area contributed by atoms with E-state index in [4.69, 9.17) is 0 Å². The van der Waals surface area contributed by atoms with Crippen molar-refractivity contribution < 1.29 is 17.2 Å². The van der Waals surface area contributed by atoms with E-state index >= 15 is 0 Å². The summed E-state index contributed by atoms with van der Waals surface area (Å²) in [7, 11) is -3.87. The maximum absolute atomic E-state index is 14.1. The Bertz CT molecular complexity index is 1410. The number of nitrogens with zero attached hydrogens (tertiary/aromatic N) is 1. The van der Waals surface area contributed by atoms with Gasteiger partial charge in [0, 0.05) is 11.6 Å². The number of hydrogen-bond donors (Lipinski definition) is 0. The van der Waals surface area contributed by atoms with E-state index in [1.165, 1.54) is 36.4 Å². The molecule has 0 radical (unpaired) electrons. The Morgan fingerprint density at radius 3 is 2.28 bits per heavy atom. The van der Waals surface area contributed by atoms with Crippen LogP contribution >= 0.6 is 0 Å². The highest BCUT2D eigenvalue weighted by Crippen LogP contribution is 2.30. The molecule has 0 unspecified atom stereocenters. The number of halogens is 2. The topological polar surface area (TPSA) is 57.9 Å². The van der Waals surface area contributed by atoms with E-state index < -0.39 is 21.5 Å². The summed E-state index contributed by atoms with van der Waals surface area (Å²) < 4.78 is 53.2. The van der Waals surface area contributed by atoms with Crippen LogP contribution in [0, 0.1) is 23.0 Å². The van der Waals surface area contributed by atoms with Crippen LogP contribution in [-0.2, 0) is 9.84 Å². The molecule has 4 rings (SSSR count). The monoisotopic (exact) mass is 405 g/mol. The molecule has 3 nitrogen and oxygen atoms in total. The molecule has 0 aromatic heterocycles. The SMILES string of the molecule is N#Cc1ccccc1S(=O)(=O)c1ccc2cc(-c3ccc(F)cc3F)ccc2c1. The molecule has 0 saturated carbocycles. The summed E-state index contributed by atoms with van der Waals surface area (Å²) in [6.07, 6.45) is 0. The minimum atomic E-state index is -3.87. The zero-order chi connectivity index (χ0) is 20.6. The predicted octanol–water partition coefficient (Wildman–Crippen LogP) is 5.49. The molecular weight excluding hydrogens is 392 g/mol. The molecule has 0 aliphatic rings. The van der Waals surface area contributed by atoms with Crippen LogP contribution in [0.5, 0.6) is 0 Å². The summed E-state index contributed by atoms with van der Waals surface area (Å²) >= 11 is 0. The average molecular weight is 405 g/mol. The van der Waals surface area contributed by atoms with Gasteiger partial charge in [-0.3, -0.25) is 0 Å². The fourth-order valence-corrected chi connectivity index (χ4v) is 4.65. The van der Waals surface area contributed by atoms with Crippen molar-refractivity contribution in [2.75, 3.05) is 0 Å². The number of benzene rings is 4. The fraction of sp³-hybridized carbons (Fsp3) is 0. The van der Waals surface area contributed by atoms with E-state index in [9.17, 15) is 22.5 Å². The summed E-state index contributed by atoms with van der Waals surface area (Å²) in [6.45, 7) is 0. The normalized spacial score (nSPS) is 11.3. The Morgan fingerprint density at radius 2 is 1.52 bits per heavy atom. The molecule has 0 spiro atoms. The zero-order valence-corrected chi connectivity index (χ0v) is 15.7. The first kappa shape index (κ1) is 18.8. The van der Waals surface area contributed by atoms with Crippen molar-refractivity contribution in [1.82, 2.24) is 0 Å². The Hall–Kier alpha value is -3.56. The van der Waals surface area contributed by atoms with Crippen LogP contribution in [-0.4, -0.2) is 8.42 Å². The maximum atomic E-state index is 14.1. The average Bonchev–Trinajstić information content (AvgIpc) is 2.73. The van der Waals surface area contributed by atoms with Gasteiger partial charge in [-0.1, -0.05) is 30.3 Å². The Kier molecular flexibility index (Phi) is 4.61. The van der Waals surface area contributed by atoms with Crippen molar-refractivity contribution >= 4 is 20.6 Å². The minimum Gasteiger partial charge on any atom is -0.218 e. The standard InChI is InChI=1S/C23H13F2NO2S/c24-19-8-10-21(22(25)13-19)17-6-5-16-12-20(9-7-15(16)11-17)29(27,28)23-4-2-1-3-18(23)14-26/h1-13H. The van der Waals surface area contributed by atoms with Crippen LogP contribution in [0.25, 0.3) is 21.9 Å². The van der Waals surface area contributed by atoms with E-state index in [2.05, 4.69) is 0 Å². The molecule has 0 heterocycles. The highest BCUT2D eigenvalue weighted by Gasteiger charge is 2.21. The van der Waals surface area contributed by atoms with Gasteiger partial charge in [-0.25, -0.2) is 17.2 Å². The van der Waals surface area contributed by atoms with Gasteiger partial charge in [-0.2, -0.15) is 5.26 Å². The Balaban J connectivity index is 1.81. The highest BCUT2D eigenvalue weighted by atomic mass is 32.2. The smallest absolute Gasteiger partial charge is 0.207 e. The lowest BCUT2D eigenvalue weighted by atomic mass is 10.0. The van der Waals surface area contributed by atoms with Crippen molar-refractivity contribution in [3.05, 3.63) is 96.1 Å². The van der Waals surface area contributed by atoms with E-state index in [0.717, 1.165) is 6.07 Å². The van der Waals surface area contributed by atoms with Gasteiger partial charge < -0.3 is 0 Å². The first-order chi connectivity index (χ1) is 13.9. The third-order valence-corrected chi connectivity index (χ3v) is 6.47. The lowest BCUT2D eigenvalue weighted by molar-refractivity contribution is 0.585. The van der Waals surface area contributed by atoms with Crippen molar-refractivity contribution in [1.29, 1.82) is 5.26 Å². The molecule has 0 amide bonds. The summed E-state index contributed by atoms with van der Waals surface area (Å²) in [4.78, 5) is 0.0141. The summed E-state index contributed by atoms with van der Waals surface area (Å²) in [6, 6.07) is 21.0. The van der Waals surface area contributed by atoms with Gasteiger partial charge in [0.2, 0.25) is 9.84 Å². The molecule has 0 fully saturated rings. The van der Waals surface area contributed by atoms with E-state index in [0.29, 0.717) is 16.3 Å². The molecule has 0 atom stereocenters. The molecule has 4 aromatic rings. The lowest BCUT2D eigenvalue weighted by Gasteiger charge is -2.09. The van der Waals surface area contributed by atoms with Gasteiger partial charge in [0.1, 0.15) is 17.7 Å². The van der Waals surface area contributed by atoms with Crippen LogP contribution in [0.4, 0.5) is 8.78 Å². The number of rotatable bonds is 3. The summed E-state index contributed by atoms with van der Waals surface area (Å²) in [5.41, 5.74) is 0.892. The molecule has 0 N–H and O–H groups in total. The van der Waals surface area contributed by atoms with Crippen LogP contribution in [0.2, 0.25) is 0 Å². The van der Waals surface area contributed by atoms with Crippen LogP contribution in [0.1, 0.15) is 5.56 Å².